The summed E-state index contributed by atoms with van der Waals surface area (Å²) >= 11 is 0. The number of nitrogens with one attached hydrogen (secondary N) is 2. The maximum atomic E-state index is 11.3. The topological polar surface area (TPSA) is 41.1 Å². The van der Waals surface area contributed by atoms with Crippen LogP contribution in [-0.4, -0.2) is 25.0 Å². The van der Waals surface area contributed by atoms with Crippen molar-refractivity contribution in [3.63, 3.8) is 0 Å². The van der Waals surface area contributed by atoms with E-state index in [4.69, 9.17) is 0 Å². The molecule has 0 aliphatic rings. The van der Waals surface area contributed by atoms with Crippen LogP contribution < -0.4 is 10.6 Å². The molecule has 3 nitrogen and oxygen atoms in total. The molecule has 0 saturated carbocycles. The minimum absolute atomic E-state index is 0.124. The van der Waals surface area contributed by atoms with Gasteiger partial charge in [-0.15, -0.1) is 11.8 Å². The van der Waals surface area contributed by atoms with Gasteiger partial charge in [-0.25, -0.2) is 0 Å². The van der Waals surface area contributed by atoms with Gasteiger partial charge in [0.15, 0.2) is 0 Å². The Morgan fingerprint density at radius 3 is 2.73 bits per heavy atom. The number of hydrogen-bond acceptors (Lipinski definition) is 2. The summed E-state index contributed by atoms with van der Waals surface area (Å²) in [6.07, 6.45) is 2.37. The second-order valence-corrected chi connectivity index (χ2v) is 3.55. The molecule has 1 unspecified atom stereocenters. The fraction of sp³-hybridized carbons (Fsp3) is 0.750. The molecule has 0 aromatic rings. The van der Waals surface area contributed by atoms with Gasteiger partial charge in [0.2, 0.25) is 5.91 Å². The molecule has 0 rings (SSSR count). The SMILES string of the molecule is CC#CCCNCCC(=O)NC(C)CC. The lowest BCUT2D eigenvalue weighted by atomic mass is 10.2. The van der Waals surface area contributed by atoms with Crippen LogP contribution in [0, 0.1) is 11.8 Å². The van der Waals surface area contributed by atoms with Gasteiger partial charge in [-0.1, -0.05) is 6.92 Å². The van der Waals surface area contributed by atoms with E-state index >= 15 is 0 Å². The van der Waals surface area contributed by atoms with E-state index in [-0.39, 0.29) is 11.9 Å². The molecule has 0 saturated heterocycles. The molecular weight excluding hydrogens is 188 g/mol. The lowest BCUT2D eigenvalue weighted by molar-refractivity contribution is -0.121. The highest BCUT2D eigenvalue weighted by molar-refractivity contribution is 5.76. The second kappa shape index (κ2) is 9.54. The van der Waals surface area contributed by atoms with Gasteiger partial charge in [0, 0.05) is 32.0 Å². The van der Waals surface area contributed by atoms with Gasteiger partial charge < -0.3 is 10.6 Å². The number of carbonyl (C=O) groups excluding carboxylic acids is 1. The van der Waals surface area contributed by atoms with E-state index in [0.29, 0.717) is 6.42 Å². The molecule has 2 N–H and O–H groups in total. The summed E-state index contributed by atoms with van der Waals surface area (Å²) < 4.78 is 0. The third-order valence-corrected chi connectivity index (χ3v) is 2.15. The first-order chi connectivity index (χ1) is 7.20. The first-order valence-electron chi connectivity index (χ1n) is 5.60. The Morgan fingerprint density at radius 2 is 2.13 bits per heavy atom. The lowest BCUT2D eigenvalue weighted by Crippen LogP contribution is -2.34. The van der Waals surface area contributed by atoms with Gasteiger partial charge in [0.05, 0.1) is 0 Å². The Morgan fingerprint density at radius 1 is 1.40 bits per heavy atom. The quantitative estimate of drug-likeness (QED) is 0.491. The summed E-state index contributed by atoms with van der Waals surface area (Å²) in [5.41, 5.74) is 0. The van der Waals surface area contributed by atoms with Crippen molar-refractivity contribution in [3.05, 3.63) is 0 Å². The van der Waals surface area contributed by atoms with Crippen LogP contribution >= 0.6 is 0 Å². The Bertz CT molecular complexity index is 228. The molecule has 3 heteroatoms. The Balaban J connectivity index is 3.34. The van der Waals surface area contributed by atoms with Gasteiger partial charge in [-0.05, 0) is 20.3 Å². The van der Waals surface area contributed by atoms with Crippen LogP contribution in [0.2, 0.25) is 0 Å². The summed E-state index contributed by atoms with van der Waals surface area (Å²) in [7, 11) is 0. The summed E-state index contributed by atoms with van der Waals surface area (Å²) in [6, 6.07) is 0.281. The Kier molecular flexibility index (Phi) is 8.90. The van der Waals surface area contributed by atoms with Crippen molar-refractivity contribution in [2.75, 3.05) is 13.1 Å². The molecule has 0 aliphatic carbocycles. The van der Waals surface area contributed by atoms with E-state index in [1.807, 2.05) is 13.8 Å². The van der Waals surface area contributed by atoms with Crippen LogP contribution in [0.5, 0.6) is 0 Å². The Labute approximate surface area is 93.0 Å². The minimum atomic E-state index is 0.124. The van der Waals surface area contributed by atoms with E-state index in [1.165, 1.54) is 0 Å². The molecule has 0 spiro atoms. The molecule has 0 fully saturated rings. The molecule has 0 bridgehead atoms. The normalized spacial score (nSPS) is 11.4. The molecular formula is C12H22N2O. The van der Waals surface area contributed by atoms with E-state index in [0.717, 1.165) is 25.9 Å². The highest BCUT2D eigenvalue weighted by atomic mass is 16.1. The van der Waals surface area contributed by atoms with Crippen molar-refractivity contribution in [1.29, 1.82) is 0 Å². The fourth-order valence-corrected chi connectivity index (χ4v) is 1.05. The third kappa shape index (κ3) is 9.30. The molecule has 0 radical (unpaired) electrons. The number of hydrogen-bond donors (Lipinski definition) is 2. The van der Waals surface area contributed by atoms with Crippen molar-refractivity contribution in [2.45, 2.75) is 46.1 Å². The van der Waals surface area contributed by atoms with Crippen LogP contribution in [0.1, 0.15) is 40.0 Å². The number of amides is 1. The van der Waals surface area contributed by atoms with Crippen molar-refractivity contribution >= 4 is 5.91 Å². The smallest absolute Gasteiger partial charge is 0.221 e. The monoisotopic (exact) mass is 210 g/mol. The zero-order valence-electron chi connectivity index (χ0n) is 10.0. The lowest BCUT2D eigenvalue weighted by Gasteiger charge is -2.11. The first-order valence-corrected chi connectivity index (χ1v) is 5.60. The predicted molar refractivity (Wildman–Crippen MR) is 63.4 cm³/mol. The Hall–Kier alpha value is -1.01. The van der Waals surface area contributed by atoms with Gasteiger partial charge >= 0.3 is 0 Å². The third-order valence-electron chi connectivity index (χ3n) is 2.15. The van der Waals surface area contributed by atoms with Crippen molar-refractivity contribution in [3.8, 4) is 11.8 Å². The fourth-order valence-electron chi connectivity index (χ4n) is 1.05. The van der Waals surface area contributed by atoms with Gasteiger partial charge in [0.25, 0.3) is 0 Å². The van der Waals surface area contributed by atoms with Crippen LogP contribution in [-0.2, 0) is 4.79 Å². The summed E-state index contributed by atoms with van der Waals surface area (Å²) in [4.78, 5) is 11.3. The average Bonchev–Trinajstić information content (AvgIpc) is 2.23. The van der Waals surface area contributed by atoms with Crippen LogP contribution in [0.25, 0.3) is 0 Å². The standard InChI is InChI=1S/C12H22N2O/c1-4-6-7-9-13-10-8-12(15)14-11(3)5-2/h11,13H,5,7-10H2,1-3H3,(H,14,15). The van der Waals surface area contributed by atoms with Gasteiger partial charge in [-0.2, -0.15) is 0 Å². The van der Waals surface area contributed by atoms with Crippen LogP contribution in [0.3, 0.4) is 0 Å². The molecule has 86 valence electrons. The van der Waals surface area contributed by atoms with E-state index in [2.05, 4.69) is 29.4 Å². The summed E-state index contributed by atoms with van der Waals surface area (Å²) in [6.45, 7) is 7.50. The molecule has 1 amide bonds. The first kappa shape index (κ1) is 14.0. The summed E-state index contributed by atoms with van der Waals surface area (Å²) in [5.74, 6) is 5.92. The highest BCUT2D eigenvalue weighted by Gasteiger charge is 2.03. The average molecular weight is 210 g/mol. The molecule has 15 heavy (non-hydrogen) atoms. The molecule has 1 atom stereocenters. The van der Waals surface area contributed by atoms with Crippen LogP contribution in [0.15, 0.2) is 0 Å². The predicted octanol–water partition coefficient (Wildman–Crippen LogP) is 1.29. The zero-order valence-corrected chi connectivity index (χ0v) is 10.0. The van der Waals surface area contributed by atoms with E-state index in [9.17, 15) is 4.79 Å². The second-order valence-electron chi connectivity index (χ2n) is 3.55. The zero-order chi connectivity index (χ0) is 11.5. The maximum Gasteiger partial charge on any atom is 0.221 e. The van der Waals surface area contributed by atoms with Gasteiger partial charge in [0.1, 0.15) is 0 Å². The largest absolute Gasteiger partial charge is 0.354 e. The minimum Gasteiger partial charge on any atom is -0.354 e. The van der Waals surface area contributed by atoms with E-state index < -0.39 is 0 Å². The molecule has 0 aromatic heterocycles. The van der Waals surface area contributed by atoms with Gasteiger partial charge in [-0.3, -0.25) is 4.79 Å². The summed E-state index contributed by atoms with van der Waals surface area (Å²) in [5, 5.41) is 6.10. The van der Waals surface area contributed by atoms with Crippen LogP contribution in [0.4, 0.5) is 0 Å². The molecule has 0 aliphatic heterocycles. The van der Waals surface area contributed by atoms with E-state index in [1.54, 1.807) is 0 Å². The number of rotatable bonds is 7. The van der Waals surface area contributed by atoms with Crippen molar-refractivity contribution in [1.82, 2.24) is 10.6 Å². The van der Waals surface area contributed by atoms with Crippen molar-refractivity contribution < 1.29 is 4.79 Å². The molecule has 0 aromatic carbocycles. The maximum absolute atomic E-state index is 11.3. The van der Waals surface area contributed by atoms with Crippen molar-refractivity contribution in [2.24, 2.45) is 0 Å². The highest BCUT2D eigenvalue weighted by Crippen LogP contribution is 1.88. The molecule has 0 heterocycles. The number of carbonyl (C=O) groups is 1.